The summed E-state index contributed by atoms with van der Waals surface area (Å²) in [7, 11) is 6.28. The molecule has 3 unspecified atom stereocenters. The van der Waals surface area contributed by atoms with E-state index in [1.54, 1.807) is 34.3 Å². The number of nitrogens with two attached hydrogens (primary N) is 1. The molecule has 0 aliphatic heterocycles. The minimum absolute atomic E-state index is 0.00301. The first-order chi connectivity index (χ1) is 19.3. The number of benzene rings is 1. The summed E-state index contributed by atoms with van der Waals surface area (Å²) in [6.07, 6.45) is 0.0791. The van der Waals surface area contributed by atoms with Crippen LogP contribution in [-0.4, -0.2) is 105 Å². The molecule has 13 heteroatoms. The number of Topliss-reactive ketones (excluding diaryl/α,β-unsaturated/α-hetero) is 2. The van der Waals surface area contributed by atoms with Crippen LogP contribution in [0, 0.1) is 11.8 Å². The number of amides is 2. The highest BCUT2D eigenvalue weighted by Crippen LogP contribution is 2.56. The van der Waals surface area contributed by atoms with Crippen molar-refractivity contribution in [3.63, 3.8) is 0 Å². The summed E-state index contributed by atoms with van der Waals surface area (Å²) in [6, 6.07) is 3.10. The number of hydrogen-bond acceptors (Lipinski definition) is 11. The molecule has 13 nitrogen and oxygen atoms in total. The van der Waals surface area contributed by atoms with Gasteiger partial charge >= 0.3 is 0 Å². The number of fused-ring (bicyclic) bond motifs is 3. The maximum atomic E-state index is 14.2. The molecule has 1 fully saturated rings. The van der Waals surface area contributed by atoms with Gasteiger partial charge < -0.3 is 36.8 Å². The van der Waals surface area contributed by atoms with Crippen molar-refractivity contribution in [2.45, 2.75) is 50.4 Å². The number of carbonyl (C=O) groups is 4. The quantitative estimate of drug-likeness (QED) is 0.104. The number of primary amides is 1. The summed E-state index contributed by atoms with van der Waals surface area (Å²) >= 11 is 0. The molecule has 42 heavy (non-hydrogen) atoms. The molecule has 0 spiro atoms. The number of nitrogens with one attached hydrogen (secondary N) is 2. The monoisotopic (exact) mass is 585 g/mol. The molecule has 3 aliphatic carbocycles. The zero-order chi connectivity index (χ0) is 31.7. The predicted molar refractivity (Wildman–Crippen MR) is 153 cm³/mol. The molecule has 4 rings (SSSR count). The van der Waals surface area contributed by atoms with E-state index < -0.39 is 69.3 Å². The first-order valence-electron chi connectivity index (χ1n) is 13.5. The lowest BCUT2D eigenvalue weighted by molar-refractivity contribution is -0.182. The number of likely N-dealkylation sites (N-methyl/N-ethyl adjacent to an activating group) is 2. The van der Waals surface area contributed by atoms with Gasteiger partial charge in [0.25, 0.3) is 5.91 Å². The molecule has 1 aromatic carbocycles. The lowest BCUT2D eigenvalue weighted by Gasteiger charge is -2.58. The number of aromatic hydroxyl groups is 1. The summed E-state index contributed by atoms with van der Waals surface area (Å²) in [6.45, 7) is 5.61. The Morgan fingerprint density at radius 1 is 1.05 bits per heavy atom. The second-order valence-electron chi connectivity index (χ2n) is 12.6. The fourth-order valence-electron chi connectivity index (χ4n) is 6.76. The minimum Gasteiger partial charge on any atom is -0.508 e. The Kier molecular flexibility index (Phi) is 7.56. The van der Waals surface area contributed by atoms with Crippen LogP contribution in [-0.2, 0) is 25.6 Å². The van der Waals surface area contributed by atoms with E-state index >= 15 is 0 Å². The van der Waals surface area contributed by atoms with E-state index in [9.17, 15) is 39.6 Å². The first-order valence-corrected chi connectivity index (χ1v) is 13.5. The number of phenols is 1. The standard InChI is InChI=1S/C29H39N5O8/c1-27(2,3)31-12-17(35)32-15-9-8-13-10-14-11-16-28(42,23(38)19(14)22(37)18(13)21(15)36)24(39)20(26(30)41)25(40)29(16,33(4)5)34(6)7/h8-9,14,16,31,36-37,40,42H,10-12H2,1-7H3,(H2,30,41)(H,32,35). The Bertz CT molecular complexity index is 1450. The molecule has 3 aliphatic rings. The maximum absolute atomic E-state index is 14.2. The molecule has 228 valence electrons. The third-order valence-corrected chi connectivity index (χ3v) is 8.55. The van der Waals surface area contributed by atoms with Crippen LogP contribution in [0.4, 0.5) is 5.69 Å². The third-order valence-electron chi connectivity index (χ3n) is 8.55. The Hall–Kier alpha value is -3.78. The molecule has 0 saturated heterocycles. The molecule has 2 amide bonds. The molecule has 8 N–H and O–H groups in total. The van der Waals surface area contributed by atoms with Gasteiger partial charge in [-0.2, -0.15) is 0 Å². The first kappa shape index (κ1) is 31.2. The lowest BCUT2D eigenvalue weighted by atomic mass is 9.55. The molecule has 0 bridgehead atoms. The van der Waals surface area contributed by atoms with Gasteiger partial charge in [-0.3, -0.25) is 29.0 Å². The Labute approximate surface area is 243 Å². The number of nitrogens with zero attached hydrogens (tertiary/aromatic N) is 2. The van der Waals surface area contributed by atoms with Crippen molar-refractivity contribution in [3.8, 4) is 5.75 Å². The van der Waals surface area contributed by atoms with Crippen molar-refractivity contribution in [1.82, 2.24) is 15.1 Å². The smallest absolute Gasteiger partial charge is 0.256 e. The number of aliphatic hydroxyl groups excluding tert-OH is 2. The number of rotatable bonds is 6. The highest BCUT2D eigenvalue weighted by Gasteiger charge is 2.70. The van der Waals surface area contributed by atoms with Gasteiger partial charge in [-0.25, -0.2) is 0 Å². The highest BCUT2D eigenvalue weighted by atomic mass is 16.3. The number of hydrogen-bond donors (Lipinski definition) is 7. The SMILES string of the molecule is CN(C)C1(N(C)C)C(O)=C(C(N)=O)C(=O)C2(O)C(=O)C3=C(O)c4c(ccc(NC(=O)CNC(C)(C)C)c4O)CC3CC21. The molecular formula is C29H39N5O8. The summed E-state index contributed by atoms with van der Waals surface area (Å²) < 4.78 is 0. The van der Waals surface area contributed by atoms with Crippen molar-refractivity contribution in [3.05, 3.63) is 40.2 Å². The van der Waals surface area contributed by atoms with E-state index in [0.29, 0.717) is 5.56 Å². The zero-order valence-corrected chi connectivity index (χ0v) is 24.8. The zero-order valence-electron chi connectivity index (χ0n) is 24.8. The average Bonchev–Trinajstić information content (AvgIpc) is 2.86. The van der Waals surface area contributed by atoms with Gasteiger partial charge in [0.2, 0.25) is 17.5 Å². The fourth-order valence-corrected chi connectivity index (χ4v) is 6.76. The summed E-state index contributed by atoms with van der Waals surface area (Å²) in [5.41, 5.74) is -0.267. The van der Waals surface area contributed by atoms with Gasteiger partial charge in [0.15, 0.2) is 5.60 Å². The van der Waals surface area contributed by atoms with E-state index in [0.717, 1.165) is 0 Å². The number of anilines is 1. The van der Waals surface area contributed by atoms with Crippen LogP contribution >= 0.6 is 0 Å². The molecule has 1 saturated carbocycles. The lowest BCUT2D eigenvalue weighted by Crippen LogP contribution is -2.76. The van der Waals surface area contributed by atoms with Gasteiger partial charge in [0.1, 0.15) is 28.5 Å². The Morgan fingerprint density at radius 3 is 2.17 bits per heavy atom. The van der Waals surface area contributed by atoms with Gasteiger partial charge in [-0.15, -0.1) is 0 Å². The van der Waals surface area contributed by atoms with Crippen molar-refractivity contribution < 1.29 is 39.6 Å². The van der Waals surface area contributed by atoms with E-state index in [4.69, 9.17) is 5.73 Å². The summed E-state index contributed by atoms with van der Waals surface area (Å²) in [5, 5.41) is 51.5. The van der Waals surface area contributed by atoms with Crippen LogP contribution in [0.2, 0.25) is 0 Å². The molecule has 0 heterocycles. The van der Waals surface area contributed by atoms with Crippen molar-refractivity contribution >= 4 is 34.8 Å². The van der Waals surface area contributed by atoms with Gasteiger partial charge in [0.05, 0.1) is 17.8 Å². The van der Waals surface area contributed by atoms with Crippen LogP contribution in [0.3, 0.4) is 0 Å². The van der Waals surface area contributed by atoms with Crippen LogP contribution in [0.25, 0.3) is 5.76 Å². The summed E-state index contributed by atoms with van der Waals surface area (Å²) in [4.78, 5) is 55.7. The average molecular weight is 586 g/mol. The second-order valence-corrected chi connectivity index (χ2v) is 12.6. The molecule has 1 aromatic rings. The highest BCUT2D eigenvalue weighted by molar-refractivity contribution is 6.33. The number of carbonyl (C=O) groups excluding carboxylic acids is 4. The minimum atomic E-state index is -2.87. The molecule has 0 radical (unpaired) electrons. The second kappa shape index (κ2) is 10.2. The molecule has 0 aromatic heterocycles. The number of phenolic OH excluding ortho intramolecular Hbond substituents is 1. The maximum Gasteiger partial charge on any atom is 0.256 e. The topological polar surface area (TPSA) is 206 Å². The normalized spacial score (nSPS) is 25.4. The van der Waals surface area contributed by atoms with Gasteiger partial charge in [-0.05, 0) is 79.4 Å². The fraction of sp³-hybridized carbons (Fsp3) is 0.517. The van der Waals surface area contributed by atoms with Crippen molar-refractivity contribution in [2.24, 2.45) is 17.6 Å². The van der Waals surface area contributed by atoms with E-state index in [2.05, 4.69) is 10.6 Å². The van der Waals surface area contributed by atoms with Crippen LogP contribution in [0.15, 0.2) is 29.0 Å². The number of aliphatic hydroxyl groups is 3. The van der Waals surface area contributed by atoms with Crippen LogP contribution < -0.4 is 16.4 Å². The predicted octanol–water partition coefficient (Wildman–Crippen LogP) is 0.180. The van der Waals surface area contributed by atoms with Crippen molar-refractivity contribution in [2.75, 3.05) is 40.1 Å². The third kappa shape index (κ3) is 4.39. The van der Waals surface area contributed by atoms with Gasteiger partial charge in [0, 0.05) is 17.0 Å². The van der Waals surface area contributed by atoms with Crippen LogP contribution in [0.1, 0.15) is 38.3 Å². The Balaban J connectivity index is 1.86. The molecule has 3 atom stereocenters. The Morgan fingerprint density at radius 2 is 1.64 bits per heavy atom. The van der Waals surface area contributed by atoms with Crippen LogP contribution in [0.5, 0.6) is 5.75 Å². The van der Waals surface area contributed by atoms with E-state index in [1.165, 1.54) is 15.9 Å². The van der Waals surface area contributed by atoms with Gasteiger partial charge in [-0.1, -0.05) is 6.07 Å². The van der Waals surface area contributed by atoms with E-state index in [1.807, 2.05) is 20.8 Å². The largest absolute Gasteiger partial charge is 0.508 e. The number of ketones is 2. The summed E-state index contributed by atoms with van der Waals surface area (Å²) in [5.74, 6) is -8.08. The van der Waals surface area contributed by atoms with E-state index in [-0.39, 0.29) is 41.7 Å². The molecular weight excluding hydrogens is 546 g/mol. The van der Waals surface area contributed by atoms with Crippen molar-refractivity contribution in [1.29, 1.82) is 0 Å².